The average Bonchev–Trinajstić information content (AvgIpc) is 2.39. The van der Waals surface area contributed by atoms with Crippen LogP contribution in [0.4, 0.5) is 0 Å². The second kappa shape index (κ2) is 6.26. The number of aryl methyl sites for hydroxylation is 1. The van der Waals surface area contributed by atoms with E-state index in [9.17, 15) is 0 Å². The van der Waals surface area contributed by atoms with Crippen molar-refractivity contribution >= 4 is 15.9 Å². The summed E-state index contributed by atoms with van der Waals surface area (Å²) in [6.07, 6.45) is 0.906. The fourth-order valence-corrected chi connectivity index (χ4v) is 2.22. The summed E-state index contributed by atoms with van der Waals surface area (Å²) >= 11 is 3.44. The Morgan fingerprint density at radius 2 is 1.89 bits per heavy atom. The van der Waals surface area contributed by atoms with Gasteiger partial charge in [0.15, 0.2) is 0 Å². The molecule has 4 heteroatoms. The molecule has 0 aliphatic rings. The lowest BCUT2D eigenvalue weighted by atomic mass is 10.1. The molecule has 0 saturated heterocycles. The summed E-state index contributed by atoms with van der Waals surface area (Å²) in [5.74, 6) is 1.17. The first-order valence-corrected chi connectivity index (χ1v) is 7.21. The van der Waals surface area contributed by atoms with Crippen LogP contribution < -0.4 is 5.73 Å². The standard InChI is InChI=1S/C15H18BrN3/c1-10(7-8-17)15-18-11(2)9-14(19-15)12-3-5-13(16)6-4-12/h3-6,9-10H,7-8,17H2,1-2H3. The average molecular weight is 320 g/mol. The molecule has 2 N–H and O–H groups in total. The van der Waals surface area contributed by atoms with Gasteiger partial charge in [0.2, 0.25) is 0 Å². The molecule has 2 aromatic rings. The lowest BCUT2D eigenvalue weighted by molar-refractivity contribution is 0.645. The zero-order valence-electron chi connectivity index (χ0n) is 11.2. The van der Waals surface area contributed by atoms with Crippen LogP contribution in [0.3, 0.4) is 0 Å². The van der Waals surface area contributed by atoms with E-state index in [4.69, 9.17) is 5.73 Å². The van der Waals surface area contributed by atoms with Crippen molar-refractivity contribution in [1.29, 1.82) is 0 Å². The van der Waals surface area contributed by atoms with Gasteiger partial charge in [0.1, 0.15) is 5.82 Å². The summed E-state index contributed by atoms with van der Waals surface area (Å²) in [4.78, 5) is 9.19. The Morgan fingerprint density at radius 1 is 1.21 bits per heavy atom. The van der Waals surface area contributed by atoms with E-state index in [1.165, 1.54) is 0 Å². The maximum Gasteiger partial charge on any atom is 0.132 e. The molecule has 0 aliphatic carbocycles. The Morgan fingerprint density at radius 3 is 2.53 bits per heavy atom. The smallest absolute Gasteiger partial charge is 0.132 e. The van der Waals surface area contributed by atoms with Crippen LogP contribution in [0.15, 0.2) is 34.8 Å². The zero-order chi connectivity index (χ0) is 13.8. The van der Waals surface area contributed by atoms with Crippen molar-refractivity contribution in [2.75, 3.05) is 6.54 Å². The van der Waals surface area contributed by atoms with Gasteiger partial charge in [0.25, 0.3) is 0 Å². The second-order valence-electron chi connectivity index (χ2n) is 4.74. The van der Waals surface area contributed by atoms with Gasteiger partial charge in [-0.15, -0.1) is 0 Å². The van der Waals surface area contributed by atoms with Crippen LogP contribution in [-0.2, 0) is 0 Å². The van der Waals surface area contributed by atoms with Gasteiger partial charge in [-0.25, -0.2) is 9.97 Å². The molecular formula is C15H18BrN3. The van der Waals surface area contributed by atoms with Gasteiger partial charge in [-0.05, 0) is 38.1 Å². The molecule has 0 radical (unpaired) electrons. The maximum absolute atomic E-state index is 5.61. The van der Waals surface area contributed by atoms with Gasteiger partial charge < -0.3 is 5.73 Å². The molecule has 19 heavy (non-hydrogen) atoms. The van der Waals surface area contributed by atoms with Gasteiger partial charge in [0, 0.05) is 21.6 Å². The summed E-state index contributed by atoms with van der Waals surface area (Å²) in [6, 6.07) is 10.2. The third-order valence-corrected chi connectivity index (χ3v) is 3.58. The topological polar surface area (TPSA) is 51.8 Å². The normalized spacial score (nSPS) is 12.4. The summed E-state index contributed by atoms with van der Waals surface area (Å²) in [6.45, 7) is 4.78. The molecule has 0 bridgehead atoms. The quantitative estimate of drug-likeness (QED) is 0.935. The van der Waals surface area contributed by atoms with Crippen molar-refractivity contribution in [3.05, 3.63) is 46.3 Å². The molecule has 2 rings (SSSR count). The minimum atomic E-state index is 0.291. The summed E-state index contributed by atoms with van der Waals surface area (Å²) in [5.41, 5.74) is 8.68. The number of hydrogen-bond acceptors (Lipinski definition) is 3. The zero-order valence-corrected chi connectivity index (χ0v) is 12.8. The number of nitrogens with zero attached hydrogens (tertiary/aromatic N) is 2. The highest BCUT2D eigenvalue weighted by atomic mass is 79.9. The molecule has 0 spiro atoms. The van der Waals surface area contributed by atoms with E-state index in [1.54, 1.807) is 0 Å². The highest BCUT2D eigenvalue weighted by Gasteiger charge is 2.11. The van der Waals surface area contributed by atoms with Crippen LogP contribution in [0, 0.1) is 6.92 Å². The van der Waals surface area contributed by atoms with Gasteiger partial charge in [-0.2, -0.15) is 0 Å². The van der Waals surface area contributed by atoms with Gasteiger partial charge in [-0.1, -0.05) is 35.0 Å². The number of benzene rings is 1. The number of rotatable bonds is 4. The van der Waals surface area contributed by atoms with Gasteiger partial charge in [0.05, 0.1) is 5.69 Å². The third kappa shape index (κ3) is 3.61. The highest BCUT2D eigenvalue weighted by Crippen LogP contribution is 2.23. The number of nitrogens with two attached hydrogens (primary N) is 1. The summed E-state index contributed by atoms with van der Waals surface area (Å²) in [7, 11) is 0. The predicted octanol–water partition coefficient (Wildman–Crippen LogP) is 3.67. The lowest BCUT2D eigenvalue weighted by Crippen LogP contribution is -2.09. The van der Waals surface area contributed by atoms with Gasteiger partial charge in [-0.3, -0.25) is 0 Å². The van der Waals surface area contributed by atoms with E-state index in [-0.39, 0.29) is 0 Å². The Balaban J connectivity index is 2.38. The Bertz CT molecular complexity index is 552. The molecule has 1 atom stereocenters. The second-order valence-corrected chi connectivity index (χ2v) is 5.65. The largest absolute Gasteiger partial charge is 0.330 e. The molecule has 1 unspecified atom stereocenters. The fourth-order valence-electron chi connectivity index (χ4n) is 1.96. The minimum absolute atomic E-state index is 0.291. The third-order valence-electron chi connectivity index (χ3n) is 3.05. The van der Waals surface area contributed by atoms with E-state index in [2.05, 4.69) is 45.0 Å². The first-order valence-electron chi connectivity index (χ1n) is 6.41. The Labute approximate surface area is 122 Å². The van der Waals surface area contributed by atoms with Gasteiger partial charge >= 0.3 is 0 Å². The number of hydrogen-bond donors (Lipinski definition) is 1. The monoisotopic (exact) mass is 319 g/mol. The van der Waals surface area contributed by atoms with E-state index in [0.717, 1.165) is 33.7 Å². The lowest BCUT2D eigenvalue weighted by Gasteiger charge is -2.11. The minimum Gasteiger partial charge on any atom is -0.330 e. The maximum atomic E-state index is 5.61. The Hall–Kier alpha value is -1.26. The predicted molar refractivity (Wildman–Crippen MR) is 82.0 cm³/mol. The summed E-state index contributed by atoms with van der Waals surface area (Å²) < 4.78 is 1.07. The molecule has 0 fully saturated rings. The van der Waals surface area contributed by atoms with Crippen LogP contribution in [0.25, 0.3) is 11.3 Å². The van der Waals surface area contributed by atoms with Crippen LogP contribution in [0.1, 0.15) is 30.8 Å². The number of aromatic nitrogens is 2. The van der Waals surface area contributed by atoms with Crippen molar-refractivity contribution in [3.8, 4) is 11.3 Å². The first kappa shape index (κ1) is 14.2. The fraction of sp³-hybridized carbons (Fsp3) is 0.333. The SMILES string of the molecule is Cc1cc(-c2ccc(Br)cc2)nc(C(C)CCN)n1. The van der Waals surface area contributed by atoms with Crippen LogP contribution >= 0.6 is 15.9 Å². The van der Waals surface area contributed by atoms with Crippen molar-refractivity contribution in [2.24, 2.45) is 5.73 Å². The molecule has 0 amide bonds. The van der Waals surface area contributed by atoms with Crippen LogP contribution in [0.5, 0.6) is 0 Å². The van der Waals surface area contributed by atoms with E-state index in [1.807, 2.05) is 25.1 Å². The van der Waals surface area contributed by atoms with Crippen molar-refractivity contribution in [3.63, 3.8) is 0 Å². The molecule has 0 saturated carbocycles. The summed E-state index contributed by atoms with van der Waals surface area (Å²) in [5, 5.41) is 0. The first-order chi connectivity index (χ1) is 9.10. The molecule has 3 nitrogen and oxygen atoms in total. The van der Waals surface area contributed by atoms with Crippen LogP contribution in [-0.4, -0.2) is 16.5 Å². The van der Waals surface area contributed by atoms with Crippen LogP contribution in [0.2, 0.25) is 0 Å². The van der Waals surface area contributed by atoms with E-state index < -0.39 is 0 Å². The highest BCUT2D eigenvalue weighted by molar-refractivity contribution is 9.10. The molecule has 1 heterocycles. The van der Waals surface area contributed by atoms with Crippen molar-refractivity contribution in [2.45, 2.75) is 26.2 Å². The van der Waals surface area contributed by atoms with Crippen molar-refractivity contribution < 1.29 is 0 Å². The molecule has 0 aliphatic heterocycles. The Kier molecular flexibility index (Phi) is 4.66. The molecule has 1 aromatic carbocycles. The number of halogens is 1. The molecule has 1 aromatic heterocycles. The van der Waals surface area contributed by atoms with E-state index >= 15 is 0 Å². The molecule has 100 valence electrons. The van der Waals surface area contributed by atoms with Crippen molar-refractivity contribution in [1.82, 2.24) is 9.97 Å². The van der Waals surface area contributed by atoms with E-state index in [0.29, 0.717) is 12.5 Å². The molecular weight excluding hydrogens is 302 g/mol.